The largest absolute Gasteiger partial charge is 0.459 e. The third kappa shape index (κ3) is 5.74. The number of aryl methyl sites for hydroxylation is 1. The Kier molecular flexibility index (Phi) is 5.75. The maximum Gasteiger partial charge on any atom is 0.323 e. The van der Waals surface area contributed by atoms with Gasteiger partial charge in [0.2, 0.25) is 0 Å². The zero-order valence-electron chi connectivity index (χ0n) is 13.5. The van der Waals surface area contributed by atoms with Crippen LogP contribution in [0.15, 0.2) is 24.3 Å². The van der Waals surface area contributed by atoms with Gasteiger partial charge in [0, 0.05) is 6.54 Å². The first-order chi connectivity index (χ1) is 9.19. The Morgan fingerprint density at radius 3 is 2.45 bits per heavy atom. The fourth-order valence-corrected chi connectivity index (χ4v) is 2.01. The second-order valence-electron chi connectivity index (χ2n) is 6.63. The van der Waals surface area contributed by atoms with E-state index in [4.69, 9.17) is 4.74 Å². The van der Waals surface area contributed by atoms with Crippen LogP contribution in [-0.2, 0) is 16.1 Å². The van der Waals surface area contributed by atoms with Crippen LogP contribution in [0, 0.1) is 12.8 Å². The monoisotopic (exact) mass is 277 g/mol. The summed E-state index contributed by atoms with van der Waals surface area (Å²) >= 11 is 0. The summed E-state index contributed by atoms with van der Waals surface area (Å²) in [5.74, 6) is 0.00909. The van der Waals surface area contributed by atoms with E-state index in [2.05, 4.69) is 30.4 Å². The van der Waals surface area contributed by atoms with Gasteiger partial charge in [-0.2, -0.15) is 0 Å². The highest BCUT2D eigenvalue weighted by Crippen LogP contribution is 2.13. The summed E-state index contributed by atoms with van der Waals surface area (Å²) in [6.45, 7) is 12.5. The molecule has 0 amide bonds. The van der Waals surface area contributed by atoms with Gasteiger partial charge in [0.15, 0.2) is 0 Å². The molecule has 20 heavy (non-hydrogen) atoms. The molecule has 1 aromatic rings. The molecular formula is C17H27NO2. The first-order valence-electron chi connectivity index (χ1n) is 7.21. The van der Waals surface area contributed by atoms with E-state index < -0.39 is 5.60 Å². The van der Waals surface area contributed by atoms with Crippen molar-refractivity contribution < 1.29 is 9.53 Å². The van der Waals surface area contributed by atoms with Crippen LogP contribution < -0.4 is 5.32 Å². The summed E-state index contributed by atoms with van der Waals surface area (Å²) in [5, 5.41) is 3.31. The molecule has 0 bridgehead atoms. The molecule has 1 rings (SSSR count). The summed E-state index contributed by atoms with van der Waals surface area (Å²) in [6.07, 6.45) is 0. The molecule has 0 aliphatic carbocycles. The Bertz CT molecular complexity index is 447. The highest BCUT2D eigenvalue weighted by atomic mass is 16.6. The minimum absolute atomic E-state index is 0.180. The standard InChI is InChI=1S/C17H27NO2/c1-12(2)15(16(19)20-17(4,5)6)18-11-14-9-7-8-13(3)10-14/h7-10,12,15,18H,11H2,1-6H3. The van der Waals surface area contributed by atoms with Gasteiger partial charge in [0.1, 0.15) is 11.6 Å². The van der Waals surface area contributed by atoms with Crippen molar-refractivity contribution in [1.29, 1.82) is 0 Å². The van der Waals surface area contributed by atoms with Crippen molar-refractivity contribution in [3.8, 4) is 0 Å². The minimum Gasteiger partial charge on any atom is -0.459 e. The van der Waals surface area contributed by atoms with Crippen molar-refractivity contribution >= 4 is 5.97 Å². The molecule has 112 valence electrons. The Hall–Kier alpha value is -1.35. The fourth-order valence-electron chi connectivity index (χ4n) is 2.01. The average molecular weight is 277 g/mol. The van der Waals surface area contributed by atoms with Crippen molar-refractivity contribution in [2.24, 2.45) is 5.92 Å². The zero-order valence-corrected chi connectivity index (χ0v) is 13.5. The highest BCUT2D eigenvalue weighted by molar-refractivity contribution is 5.76. The lowest BCUT2D eigenvalue weighted by Crippen LogP contribution is -2.44. The van der Waals surface area contributed by atoms with E-state index >= 15 is 0 Å². The zero-order chi connectivity index (χ0) is 15.3. The summed E-state index contributed by atoms with van der Waals surface area (Å²) in [4.78, 5) is 12.2. The van der Waals surface area contributed by atoms with Crippen LogP contribution in [-0.4, -0.2) is 17.6 Å². The number of hydrogen-bond donors (Lipinski definition) is 1. The maximum absolute atomic E-state index is 12.2. The van der Waals surface area contributed by atoms with Crippen LogP contribution in [0.5, 0.6) is 0 Å². The summed E-state index contributed by atoms with van der Waals surface area (Å²) < 4.78 is 5.47. The quantitative estimate of drug-likeness (QED) is 0.838. The summed E-state index contributed by atoms with van der Waals surface area (Å²) in [5.41, 5.74) is 1.96. The van der Waals surface area contributed by atoms with Gasteiger partial charge in [-0.05, 0) is 39.2 Å². The Morgan fingerprint density at radius 1 is 1.30 bits per heavy atom. The lowest BCUT2D eigenvalue weighted by atomic mass is 10.0. The smallest absolute Gasteiger partial charge is 0.323 e. The van der Waals surface area contributed by atoms with E-state index in [0.29, 0.717) is 6.54 Å². The Morgan fingerprint density at radius 2 is 1.95 bits per heavy atom. The van der Waals surface area contributed by atoms with Crippen molar-refractivity contribution in [2.75, 3.05) is 0 Å². The molecule has 0 aliphatic rings. The SMILES string of the molecule is Cc1cccc(CNC(C(=O)OC(C)(C)C)C(C)C)c1. The lowest BCUT2D eigenvalue weighted by molar-refractivity contribution is -0.158. The van der Waals surface area contributed by atoms with Crippen LogP contribution >= 0.6 is 0 Å². The number of esters is 1. The second kappa shape index (κ2) is 6.89. The number of benzene rings is 1. The third-order valence-electron chi connectivity index (χ3n) is 2.94. The first kappa shape index (κ1) is 16.7. The Labute approximate surface area is 122 Å². The predicted octanol–water partition coefficient (Wildman–Crippen LogP) is 3.45. The van der Waals surface area contributed by atoms with Gasteiger partial charge in [-0.1, -0.05) is 43.7 Å². The molecule has 1 aromatic carbocycles. The molecule has 0 spiro atoms. The van der Waals surface area contributed by atoms with Crippen molar-refractivity contribution in [2.45, 2.75) is 59.7 Å². The van der Waals surface area contributed by atoms with Crippen molar-refractivity contribution in [1.82, 2.24) is 5.32 Å². The topological polar surface area (TPSA) is 38.3 Å². The number of carbonyl (C=O) groups is 1. The van der Waals surface area contributed by atoms with Gasteiger partial charge in [-0.15, -0.1) is 0 Å². The van der Waals surface area contributed by atoms with Crippen LogP contribution in [0.2, 0.25) is 0 Å². The maximum atomic E-state index is 12.2. The van der Waals surface area contributed by atoms with Crippen LogP contribution in [0.3, 0.4) is 0 Å². The van der Waals surface area contributed by atoms with E-state index in [9.17, 15) is 4.79 Å². The van der Waals surface area contributed by atoms with Crippen molar-refractivity contribution in [3.05, 3.63) is 35.4 Å². The van der Waals surface area contributed by atoms with Gasteiger partial charge in [-0.25, -0.2) is 0 Å². The van der Waals surface area contributed by atoms with E-state index in [0.717, 1.165) is 0 Å². The van der Waals surface area contributed by atoms with Gasteiger partial charge in [0.25, 0.3) is 0 Å². The molecule has 1 unspecified atom stereocenters. The van der Waals surface area contributed by atoms with Gasteiger partial charge in [-0.3, -0.25) is 4.79 Å². The van der Waals surface area contributed by atoms with Crippen LogP contribution in [0.1, 0.15) is 45.7 Å². The minimum atomic E-state index is -0.449. The number of rotatable bonds is 5. The van der Waals surface area contributed by atoms with E-state index in [1.165, 1.54) is 11.1 Å². The molecule has 0 fully saturated rings. The number of nitrogens with one attached hydrogen (secondary N) is 1. The highest BCUT2D eigenvalue weighted by Gasteiger charge is 2.27. The molecule has 0 saturated heterocycles. The predicted molar refractivity (Wildman–Crippen MR) is 82.5 cm³/mol. The van der Waals surface area contributed by atoms with Crippen LogP contribution in [0.25, 0.3) is 0 Å². The van der Waals surface area contributed by atoms with E-state index in [-0.39, 0.29) is 17.9 Å². The van der Waals surface area contributed by atoms with E-state index in [1.807, 2.05) is 40.7 Å². The van der Waals surface area contributed by atoms with Gasteiger partial charge in [0.05, 0.1) is 0 Å². The number of hydrogen-bond acceptors (Lipinski definition) is 3. The molecule has 0 heterocycles. The fraction of sp³-hybridized carbons (Fsp3) is 0.588. The molecule has 3 heteroatoms. The van der Waals surface area contributed by atoms with E-state index in [1.54, 1.807) is 0 Å². The average Bonchev–Trinajstić information content (AvgIpc) is 2.26. The molecule has 0 aromatic heterocycles. The molecule has 0 aliphatic heterocycles. The van der Waals surface area contributed by atoms with Gasteiger partial charge < -0.3 is 10.1 Å². The molecule has 0 radical (unpaired) electrons. The third-order valence-corrected chi connectivity index (χ3v) is 2.94. The number of carbonyl (C=O) groups excluding carboxylic acids is 1. The number of ether oxygens (including phenoxy) is 1. The van der Waals surface area contributed by atoms with Crippen molar-refractivity contribution in [3.63, 3.8) is 0 Å². The molecule has 1 atom stereocenters. The van der Waals surface area contributed by atoms with Gasteiger partial charge >= 0.3 is 5.97 Å². The molecule has 1 N–H and O–H groups in total. The summed E-state index contributed by atoms with van der Waals surface area (Å²) in [7, 11) is 0. The molecular weight excluding hydrogens is 250 g/mol. The lowest BCUT2D eigenvalue weighted by Gasteiger charge is -2.26. The van der Waals surface area contributed by atoms with Crippen LogP contribution in [0.4, 0.5) is 0 Å². The molecule has 0 saturated carbocycles. The molecule has 3 nitrogen and oxygen atoms in total. The normalized spacial score (nSPS) is 13.3. The summed E-state index contributed by atoms with van der Waals surface area (Å²) in [6, 6.07) is 8.00. The Balaban J connectivity index is 2.66. The first-order valence-corrected chi connectivity index (χ1v) is 7.21. The second-order valence-corrected chi connectivity index (χ2v) is 6.63.